The molecule has 2 rings (SSSR count). The third kappa shape index (κ3) is 1.21. The molecule has 2 N–H and O–H groups in total. The van der Waals surface area contributed by atoms with Gasteiger partial charge in [-0.05, 0) is 52.6 Å². The molecule has 0 bridgehead atoms. The van der Waals surface area contributed by atoms with Crippen molar-refractivity contribution < 1.29 is 0 Å². The second-order valence-electron chi connectivity index (χ2n) is 2.76. The molecule has 0 aliphatic carbocycles. The van der Waals surface area contributed by atoms with Gasteiger partial charge in [-0.1, -0.05) is 6.07 Å². The van der Waals surface area contributed by atoms with E-state index in [-0.39, 0.29) is 0 Å². The number of anilines is 1. The molecule has 0 radical (unpaired) electrons. The molecule has 1 nitrogen and oxygen atoms in total. The van der Waals surface area contributed by atoms with Gasteiger partial charge in [-0.25, -0.2) is 0 Å². The van der Waals surface area contributed by atoms with Crippen molar-refractivity contribution in [1.82, 2.24) is 0 Å². The van der Waals surface area contributed by atoms with Gasteiger partial charge in [-0.3, -0.25) is 0 Å². The summed E-state index contributed by atoms with van der Waals surface area (Å²) in [5, 5.41) is 1.30. The number of thiophene rings is 1. The molecule has 0 fully saturated rings. The molecule has 0 amide bonds. The Morgan fingerprint density at radius 3 is 2.83 bits per heavy atom. The lowest BCUT2D eigenvalue weighted by Gasteiger charge is -1.97. The second-order valence-corrected chi connectivity index (χ2v) is 5.71. The molecule has 12 heavy (non-hydrogen) atoms. The van der Waals surface area contributed by atoms with E-state index in [1.165, 1.54) is 18.5 Å². The van der Waals surface area contributed by atoms with E-state index in [2.05, 4.69) is 41.6 Å². The van der Waals surface area contributed by atoms with Crippen molar-refractivity contribution in [3.63, 3.8) is 0 Å². The first-order valence-corrected chi connectivity index (χ1v) is 5.52. The predicted octanol–water partition coefficient (Wildman–Crippen LogP) is 3.40. The van der Waals surface area contributed by atoms with E-state index >= 15 is 0 Å². The maximum Gasteiger partial charge on any atom is 0.0666 e. The SMILES string of the molecule is Cc1ccc(N)c2sc(I)cc12. The lowest BCUT2D eigenvalue weighted by molar-refractivity contribution is 1.55. The first kappa shape index (κ1) is 8.31. The largest absolute Gasteiger partial charge is 0.398 e. The molecule has 2 aromatic rings. The Hall–Kier alpha value is -0.290. The molecule has 0 spiro atoms. The molecular weight excluding hydrogens is 281 g/mol. The first-order valence-electron chi connectivity index (χ1n) is 3.62. The minimum Gasteiger partial charge on any atom is -0.398 e. The van der Waals surface area contributed by atoms with Crippen LogP contribution in [0.1, 0.15) is 5.56 Å². The van der Waals surface area contributed by atoms with Crippen LogP contribution in [0.15, 0.2) is 18.2 Å². The lowest BCUT2D eigenvalue weighted by Crippen LogP contribution is -1.84. The summed E-state index contributed by atoms with van der Waals surface area (Å²) in [5.41, 5.74) is 8.04. The summed E-state index contributed by atoms with van der Waals surface area (Å²) in [6.45, 7) is 2.12. The summed E-state index contributed by atoms with van der Waals surface area (Å²) in [4.78, 5) is 0. The normalized spacial score (nSPS) is 10.8. The summed E-state index contributed by atoms with van der Waals surface area (Å²) in [5.74, 6) is 0. The summed E-state index contributed by atoms with van der Waals surface area (Å²) in [6, 6.07) is 6.23. The quantitative estimate of drug-likeness (QED) is 0.584. The van der Waals surface area contributed by atoms with E-state index in [0.29, 0.717) is 0 Å². The molecule has 3 heteroatoms. The molecule has 1 aromatic carbocycles. The summed E-state index contributed by atoms with van der Waals surface area (Å²) >= 11 is 4.08. The molecule has 1 heterocycles. The van der Waals surface area contributed by atoms with Gasteiger partial charge in [-0.15, -0.1) is 11.3 Å². The van der Waals surface area contributed by atoms with Gasteiger partial charge in [0.2, 0.25) is 0 Å². The molecule has 0 aliphatic heterocycles. The van der Waals surface area contributed by atoms with Crippen molar-refractivity contribution in [2.45, 2.75) is 6.92 Å². The van der Waals surface area contributed by atoms with Crippen LogP contribution in [0.3, 0.4) is 0 Å². The van der Waals surface area contributed by atoms with Gasteiger partial charge in [0.25, 0.3) is 0 Å². The highest BCUT2D eigenvalue weighted by atomic mass is 127. The fourth-order valence-electron chi connectivity index (χ4n) is 1.25. The van der Waals surface area contributed by atoms with Gasteiger partial charge >= 0.3 is 0 Å². The van der Waals surface area contributed by atoms with Crippen LogP contribution in [-0.2, 0) is 0 Å². The number of rotatable bonds is 0. The van der Waals surface area contributed by atoms with E-state index in [1.807, 2.05) is 6.07 Å². The Morgan fingerprint density at radius 1 is 1.42 bits per heavy atom. The third-order valence-corrected chi connectivity index (χ3v) is 3.85. The van der Waals surface area contributed by atoms with Crippen LogP contribution in [0.4, 0.5) is 5.69 Å². The number of aryl methyl sites for hydroxylation is 1. The van der Waals surface area contributed by atoms with Crippen molar-refractivity contribution in [3.05, 3.63) is 26.6 Å². The topological polar surface area (TPSA) is 26.0 Å². The van der Waals surface area contributed by atoms with Crippen LogP contribution in [0, 0.1) is 9.81 Å². The molecule has 1 aromatic heterocycles. The number of nitrogen functional groups attached to an aromatic ring is 1. The average molecular weight is 289 g/mol. The number of benzene rings is 1. The van der Waals surface area contributed by atoms with Crippen LogP contribution < -0.4 is 5.73 Å². The molecule has 0 unspecified atom stereocenters. The first-order chi connectivity index (χ1) is 5.68. The van der Waals surface area contributed by atoms with E-state index in [9.17, 15) is 0 Å². The maximum atomic E-state index is 5.85. The smallest absolute Gasteiger partial charge is 0.0666 e. The second kappa shape index (κ2) is 2.88. The van der Waals surface area contributed by atoms with Gasteiger partial charge in [-0.2, -0.15) is 0 Å². The van der Waals surface area contributed by atoms with Crippen LogP contribution in [0.25, 0.3) is 10.1 Å². The van der Waals surface area contributed by atoms with E-state index in [4.69, 9.17) is 5.73 Å². The molecule has 0 saturated carbocycles. The van der Waals surface area contributed by atoms with Crippen molar-refractivity contribution in [2.75, 3.05) is 5.73 Å². The highest BCUT2D eigenvalue weighted by Crippen LogP contribution is 2.33. The number of nitrogens with two attached hydrogens (primary N) is 1. The lowest BCUT2D eigenvalue weighted by atomic mass is 10.1. The van der Waals surface area contributed by atoms with Crippen LogP contribution in [0.2, 0.25) is 0 Å². The van der Waals surface area contributed by atoms with Crippen LogP contribution >= 0.6 is 33.9 Å². The Bertz CT molecular complexity index is 394. The minimum atomic E-state index is 0.892. The molecule has 62 valence electrons. The standard InChI is InChI=1S/C9H8INS/c1-5-2-3-7(11)9-6(5)4-8(10)12-9/h2-4H,11H2,1H3. The van der Waals surface area contributed by atoms with Gasteiger partial charge in [0.1, 0.15) is 0 Å². The predicted molar refractivity (Wildman–Crippen MR) is 63.7 cm³/mol. The van der Waals surface area contributed by atoms with Crippen LogP contribution in [-0.4, -0.2) is 0 Å². The van der Waals surface area contributed by atoms with E-state index in [0.717, 1.165) is 5.69 Å². The zero-order chi connectivity index (χ0) is 8.72. The third-order valence-electron chi connectivity index (χ3n) is 1.90. The Morgan fingerprint density at radius 2 is 2.17 bits per heavy atom. The molecule has 0 atom stereocenters. The fraction of sp³-hybridized carbons (Fsp3) is 0.111. The van der Waals surface area contributed by atoms with Crippen molar-refractivity contribution in [3.8, 4) is 0 Å². The number of fused-ring (bicyclic) bond motifs is 1. The average Bonchev–Trinajstić information content (AvgIpc) is 2.41. The monoisotopic (exact) mass is 289 g/mol. The Labute approximate surface area is 88.7 Å². The molecule has 0 aliphatic rings. The van der Waals surface area contributed by atoms with Crippen molar-refractivity contribution in [2.24, 2.45) is 0 Å². The minimum absolute atomic E-state index is 0.892. The maximum absolute atomic E-state index is 5.85. The van der Waals surface area contributed by atoms with E-state index < -0.39 is 0 Å². The van der Waals surface area contributed by atoms with Crippen molar-refractivity contribution >= 4 is 49.7 Å². The summed E-state index contributed by atoms with van der Waals surface area (Å²) < 4.78 is 2.52. The Kier molecular flexibility index (Phi) is 2.00. The Balaban J connectivity index is 2.93. The van der Waals surface area contributed by atoms with Gasteiger partial charge in [0.05, 0.1) is 7.58 Å². The van der Waals surface area contributed by atoms with Crippen molar-refractivity contribution in [1.29, 1.82) is 0 Å². The fourth-order valence-corrected chi connectivity index (χ4v) is 3.11. The summed E-state index contributed by atoms with van der Waals surface area (Å²) in [6.07, 6.45) is 0. The molecule has 0 saturated heterocycles. The molecular formula is C9H8INS. The van der Waals surface area contributed by atoms with Gasteiger partial charge in [0, 0.05) is 5.69 Å². The summed E-state index contributed by atoms with van der Waals surface area (Å²) in [7, 11) is 0. The van der Waals surface area contributed by atoms with Crippen LogP contribution in [0.5, 0.6) is 0 Å². The highest BCUT2D eigenvalue weighted by Gasteiger charge is 2.04. The van der Waals surface area contributed by atoms with Gasteiger partial charge < -0.3 is 5.73 Å². The highest BCUT2D eigenvalue weighted by molar-refractivity contribution is 14.1. The van der Waals surface area contributed by atoms with E-state index in [1.54, 1.807) is 11.3 Å². The van der Waals surface area contributed by atoms with Gasteiger partial charge in [0.15, 0.2) is 0 Å². The zero-order valence-electron chi connectivity index (χ0n) is 6.60. The number of halogens is 1. The number of hydrogen-bond donors (Lipinski definition) is 1. The zero-order valence-corrected chi connectivity index (χ0v) is 9.57. The number of hydrogen-bond acceptors (Lipinski definition) is 2.